The largest absolute Gasteiger partial charge is 0.322 e. The molecule has 2 N–H and O–H groups in total. The number of nitrogens with zero attached hydrogens (tertiary/aromatic N) is 3. The van der Waals surface area contributed by atoms with Crippen LogP contribution in [0.4, 0.5) is 0 Å². The Morgan fingerprint density at radius 2 is 1.92 bits per heavy atom. The molecule has 8 nitrogen and oxygen atoms in total. The van der Waals surface area contributed by atoms with E-state index in [0.29, 0.717) is 36.5 Å². The lowest BCUT2D eigenvalue weighted by atomic mass is 9.79. The molecule has 2 aliphatic carbocycles. The molecule has 0 spiro atoms. The molecule has 4 aliphatic rings. The zero-order valence-electron chi connectivity index (χ0n) is 21.0. The number of aromatic nitrogens is 2. The van der Waals surface area contributed by atoms with Crippen LogP contribution in [-0.4, -0.2) is 50.5 Å². The van der Waals surface area contributed by atoms with Crippen molar-refractivity contribution >= 4 is 17.7 Å². The fourth-order valence-electron chi connectivity index (χ4n) is 6.85. The van der Waals surface area contributed by atoms with E-state index >= 15 is 0 Å². The third kappa shape index (κ3) is 4.36. The number of imide groups is 1. The van der Waals surface area contributed by atoms with E-state index < -0.39 is 6.04 Å². The van der Waals surface area contributed by atoms with Gasteiger partial charge in [-0.3, -0.25) is 24.4 Å². The van der Waals surface area contributed by atoms with Gasteiger partial charge in [0.05, 0.1) is 6.20 Å². The first-order valence-electron chi connectivity index (χ1n) is 13.5. The first-order chi connectivity index (χ1) is 17.5. The van der Waals surface area contributed by atoms with Gasteiger partial charge in [-0.05, 0) is 73.6 Å². The first kappa shape index (κ1) is 23.4. The van der Waals surface area contributed by atoms with E-state index in [2.05, 4.69) is 27.9 Å². The Hall–Kier alpha value is -3.00. The average molecular weight is 490 g/mol. The maximum Gasteiger partial charge on any atom is 0.255 e. The van der Waals surface area contributed by atoms with Gasteiger partial charge in [0.2, 0.25) is 11.8 Å². The zero-order valence-corrected chi connectivity index (χ0v) is 21.0. The number of aryl methyl sites for hydroxylation is 1. The lowest BCUT2D eigenvalue weighted by Crippen LogP contribution is -2.52. The second-order valence-corrected chi connectivity index (χ2v) is 11.1. The Bertz CT molecular complexity index is 1200. The first-order valence-corrected chi connectivity index (χ1v) is 13.5. The third-order valence-electron chi connectivity index (χ3n) is 8.79. The topological polar surface area (TPSA) is 96.3 Å². The molecule has 1 saturated heterocycles. The van der Waals surface area contributed by atoms with Crippen LogP contribution >= 0.6 is 0 Å². The van der Waals surface area contributed by atoms with Crippen LogP contribution in [0.15, 0.2) is 24.4 Å². The molecule has 6 rings (SSSR count). The van der Waals surface area contributed by atoms with Crippen molar-refractivity contribution in [2.75, 3.05) is 0 Å². The SMILES string of the molecule is Cn1ncc2c1CCC(N[C@H]1CCCC[C@@H]1Cc1ccc3c(c1)CN(C1CCC(=O)NC1=O)C3=O)C2. The number of rotatable bonds is 5. The van der Waals surface area contributed by atoms with Crippen LogP contribution in [0.5, 0.6) is 0 Å². The van der Waals surface area contributed by atoms with E-state index in [4.69, 9.17) is 0 Å². The molecule has 8 heteroatoms. The van der Waals surface area contributed by atoms with Crippen LogP contribution < -0.4 is 10.6 Å². The van der Waals surface area contributed by atoms with Gasteiger partial charge in [-0.15, -0.1) is 0 Å². The van der Waals surface area contributed by atoms with Gasteiger partial charge >= 0.3 is 0 Å². The van der Waals surface area contributed by atoms with Crippen LogP contribution in [0.1, 0.15) is 77.7 Å². The second-order valence-electron chi connectivity index (χ2n) is 11.1. The predicted octanol–water partition coefficient (Wildman–Crippen LogP) is 2.43. The van der Waals surface area contributed by atoms with Gasteiger partial charge in [0, 0.05) is 43.4 Å². The summed E-state index contributed by atoms with van der Waals surface area (Å²) in [5.74, 6) is -0.136. The van der Waals surface area contributed by atoms with Crippen molar-refractivity contribution in [3.63, 3.8) is 0 Å². The number of benzene rings is 1. The van der Waals surface area contributed by atoms with Crippen LogP contribution in [0, 0.1) is 5.92 Å². The Labute approximate surface area is 211 Å². The molecule has 4 atom stereocenters. The third-order valence-corrected chi connectivity index (χ3v) is 8.79. The van der Waals surface area contributed by atoms with E-state index in [-0.39, 0.29) is 24.1 Å². The minimum Gasteiger partial charge on any atom is -0.322 e. The van der Waals surface area contributed by atoms with Crippen molar-refractivity contribution in [2.24, 2.45) is 13.0 Å². The normalized spacial score (nSPS) is 28.1. The highest BCUT2D eigenvalue weighted by Gasteiger charge is 2.39. The second kappa shape index (κ2) is 9.47. The van der Waals surface area contributed by atoms with Crippen LogP contribution in [0.25, 0.3) is 0 Å². The van der Waals surface area contributed by atoms with Crippen molar-refractivity contribution in [1.82, 2.24) is 25.3 Å². The van der Waals surface area contributed by atoms with Crippen molar-refractivity contribution < 1.29 is 14.4 Å². The van der Waals surface area contributed by atoms with Gasteiger partial charge < -0.3 is 10.2 Å². The van der Waals surface area contributed by atoms with Crippen LogP contribution in [0.2, 0.25) is 0 Å². The Balaban J connectivity index is 1.12. The van der Waals surface area contributed by atoms with E-state index in [0.717, 1.165) is 31.2 Å². The standard InChI is InChI=1S/C28H35N5O3/c1-32-24-9-7-21(14-19(24)15-29-32)30-23-5-3-2-4-18(23)12-17-6-8-22-20(13-17)16-33(28(22)36)25-10-11-26(34)31-27(25)35/h6,8,13,15,18,21,23,25,30H,2-5,7,9-12,14,16H2,1H3,(H,31,34,35)/t18-,21?,23+,25?/m1/s1. The molecule has 1 saturated carbocycles. The summed E-state index contributed by atoms with van der Waals surface area (Å²) >= 11 is 0. The highest BCUT2D eigenvalue weighted by atomic mass is 16.2. The van der Waals surface area contributed by atoms with Gasteiger partial charge in [0.1, 0.15) is 6.04 Å². The Kier molecular flexibility index (Phi) is 6.15. The van der Waals surface area contributed by atoms with Gasteiger partial charge in [-0.2, -0.15) is 5.10 Å². The van der Waals surface area contributed by atoms with Gasteiger partial charge in [-0.25, -0.2) is 0 Å². The summed E-state index contributed by atoms with van der Waals surface area (Å²) in [5.41, 5.74) is 5.73. The van der Waals surface area contributed by atoms with Crippen LogP contribution in [0.3, 0.4) is 0 Å². The van der Waals surface area contributed by atoms with Crippen molar-refractivity contribution in [3.05, 3.63) is 52.3 Å². The summed E-state index contributed by atoms with van der Waals surface area (Å²) in [6.45, 7) is 0.441. The molecule has 36 heavy (non-hydrogen) atoms. The molecule has 0 bridgehead atoms. The summed E-state index contributed by atoms with van der Waals surface area (Å²) in [6.07, 6.45) is 12.0. The maximum absolute atomic E-state index is 13.0. The predicted molar refractivity (Wildman–Crippen MR) is 134 cm³/mol. The summed E-state index contributed by atoms with van der Waals surface area (Å²) in [4.78, 5) is 38.5. The number of nitrogens with one attached hydrogen (secondary N) is 2. The summed E-state index contributed by atoms with van der Waals surface area (Å²) < 4.78 is 2.02. The molecule has 2 aliphatic heterocycles. The monoisotopic (exact) mass is 489 g/mol. The number of amides is 3. The minimum absolute atomic E-state index is 0.102. The maximum atomic E-state index is 13.0. The molecule has 0 radical (unpaired) electrons. The number of carbonyl (C=O) groups excluding carboxylic acids is 3. The van der Waals surface area contributed by atoms with Crippen molar-refractivity contribution in [3.8, 4) is 0 Å². The van der Waals surface area contributed by atoms with E-state index in [1.54, 1.807) is 4.90 Å². The van der Waals surface area contributed by atoms with Crippen molar-refractivity contribution in [1.29, 1.82) is 0 Å². The van der Waals surface area contributed by atoms with Crippen molar-refractivity contribution in [2.45, 2.75) is 88.9 Å². The fraction of sp³-hybridized carbons (Fsp3) is 0.571. The molecule has 1 aromatic carbocycles. The van der Waals surface area contributed by atoms with E-state index in [1.165, 1.54) is 42.5 Å². The molecule has 2 unspecified atom stereocenters. The van der Waals surface area contributed by atoms with Crippen LogP contribution in [-0.2, 0) is 42.4 Å². The molecule has 2 fully saturated rings. The molecule has 3 heterocycles. The summed E-state index contributed by atoms with van der Waals surface area (Å²) in [6, 6.07) is 6.67. The highest BCUT2D eigenvalue weighted by molar-refractivity contribution is 6.05. The Morgan fingerprint density at radius 1 is 1.06 bits per heavy atom. The number of hydrogen-bond acceptors (Lipinski definition) is 5. The lowest BCUT2D eigenvalue weighted by Gasteiger charge is -2.36. The molecule has 190 valence electrons. The average Bonchev–Trinajstić information content (AvgIpc) is 3.39. The fourth-order valence-corrected chi connectivity index (χ4v) is 6.85. The minimum atomic E-state index is -0.561. The Morgan fingerprint density at radius 3 is 2.78 bits per heavy atom. The smallest absolute Gasteiger partial charge is 0.255 e. The highest BCUT2D eigenvalue weighted by Crippen LogP contribution is 2.32. The number of piperidine rings is 1. The number of fused-ring (bicyclic) bond motifs is 2. The summed E-state index contributed by atoms with van der Waals surface area (Å²) in [7, 11) is 2.04. The van der Waals surface area contributed by atoms with Gasteiger partial charge in [-0.1, -0.05) is 25.0 Å². The molecular weight excluding hydrogens is 454 g/mol. The van der Waals surface area contributed by atoms with E-state index in [1.807, 2.05) is 24.0 Å². The summed E-state index contributed by atoms with van der Waals surface area (Å²) in [5, 5.41) is 10.9. The molecule has 3 amide bonds. The van der Waals surface area contributed by atoms with E-state index in [9.17, 15) is 14.4 Å². The molecular formula is C28H35N5O3. The number of carbonyl (C=O) groups is 3. The number of hydrogen-bond donors (Lipinski definition) is 2. The lowest BCUT2D eigenvalue weighted by molar-refractivity contribution is -0.136. The van der Waals surface area contributed by atoms with Gasteiger partial charge in [0.15, 0.2) is 0 Å². The van der Waals surface area contributed by atoms with Gasteiger partial charge in [0.25, 0.3) is 5.91 Å². The quantitative estimate of drug-likeness (QED) is 0.629. The molecule has 2 aromatic rings. The molecule has 1 aromatic heterocycles. The zero-order chi connectivity index (χ0) is 24.8.